The molecular weight excluding hydrogens is 314 g/mol. The summed E-state index contributed by atoms with van der Waals surface area (Å²) in [6.07, 6.45) is 16.8. The zero-order valence-electron chi connectivity index (χ0n) is 16.5. The Bertz CT molecular complexity index is 383. The van der Waals surface area contributed by atoms with Gasteiger partial charge in [-0.25, -0.2) is 0 Å². The van der Waals surface area contributed by atoms with Gasteiger partial charge >= 0.3 is 0 Å². The van der Waals surface area contributed by atoms with Gasteiger partial charge in [-0.15, -0.1) is 0 Å². The number of nitrogens with zero attached hydrogens (tertiary/aromatic N) is 1. The summed E-state index contributed by atoms with van der Waals surface area (Å²) >= 11 is 0. The lowest BCUT2D eigenvalue weighted by molar-refractivity contribution is -0.143. The van der Waals surface area contributed by atoms with Crippen molar-refractivity contribution in [2.24, 2.45) is 11.8 Å². The van der Waals surface area contributed by atoms with Crippen molar-refractivity contribution in [1.29, 1.82) is 0 Å². The lowest BCUT2D eigenvalue weighted by Crippen LogP contribution is -2.33. The lowest BCUT2D eigenvalue weighted by Gasteiger charge is -2.20. The molecule has 0 aliphatic carbocycles. The van der Waals surface area contributed by atoms with Crippen LogP contribution in [-0.2, 0) is 9.59 Å². The number of imide groups is 1. The van der Waals surface area contributed by atoms with Gasteiger partial charge in [-0.05, 0) is 12.3 Å². The number of likely N-dealkylation sites (tertiary alicyclic amines) is 1. The van der Waals surface area contributed by atoms with E-state index in [1.165, 1.54) is 64.2 Å². The first-order valence-electron chi connectivity index (χ1n) is 10.6. The molecule has 0 aromatic rings. The SMILES string of the molecule is CCCCCCCCCCCCCC(CC)C1CC(=O)N(CO)C1=O. The fourth-order valence-electron chi connectivity index (χ4n) is 3.99. The predicted octanol–water partition coefficient (Wildman–Crippen LogP) is 5.04. The molecule has 0 spiro atoms. The first kappa shape index (κ1) is 22.1. The molecule has 146 valence electrons. The molecule has 2 unspecified atom stereocenters. The number of hydrogen-bond donors (Lipinski definition) is 1. The largest absolute Gasteiger partial charge is 0.376 e. The standard InChI is InChI=1S/C21H39NO3/c1-3-5-6-7-8-9-10-11-12-13-14-15-18(4-2)19-16-20(24)22(17-23)21(19)25/h18-19,23H,3-17H2,1-2H3. The second kappa shape index (κ2) is 13.3. The van der Waals surface area contributed by atoms with E-state index < -0.39 is 6.73 Å². The minimum Gasteiger partial charge on any atom is -0.376 e. The molecule has 1 saturated heterocycles. The van der Waals surface area contributed by atoms with E-state index in [-0.39, 0.29) is 30.1 Å². The Morgan fingerprint density at radius 2 is 1.44 bits per heavy atom. The summed E-state index contributed by atoms with van der Waals surface area (Å²) in [5.74, 6) is -0.295. The zero-order chi connectivity index (χ0) is 18.5. The molecule has 0 aromatic heterocycles. The van der Waals surface area contributed by atoms with Crippen LogP contribution in [0.5, 0.6) is 0 Å². The van der Waals surface area contributed by atoms with Gasteiger partial charge in [0.25, 0.3) is 0 Å². The lowest BCUT2D eigenvalue weighted by atomic mass is 9.84. The molecule has 1 rings (SSSR count). The van der Waals surface area contributed by atoms with Crippen LogP contribution in [0.25, 0.3) is 0 Å². The molecule has 4 heteroatoms. The number of aliphatic hydroxyl groups excluding tert-OH is 1. The zero-order valence-corrected chi connectivity index (χ0v) is 16.5. The van der Waals surface area contributed by atoms with Crippen LogP contribution in [0.15, 0.2) is 0 Å². The van der Waals surface area contributed by atoms with Crippen molar-refractivity contribution in [2.45, 2.75) is 104 Å². The summed E-state index contributed by atoms with van der Waals surface area (Å²) in [7, 11) is 0. The van der Waals surface area contributed by atoms with Gasteiger partial charge in [0, 0.05) is 6.42 Å². The Morgan fingerprint density at radius 1 is 0.920 bits per heavy atom. The van der Waals surface area contributed by atoms with Crippen LogP contribution >= 0.6 is 0 Å². The Hall–Kier alpha value is -0.900. The van der Waals surface area contributed by atoms with Gasteiger partial charge in [-0.1, -0.05) is 90.9 Å². The Morgan fingerprint density at radius 3 is 1.88 bits per heavy atom. The molecule has 2 atom stereocenters. The van der Waals surface area contributed by atoms with Gasteiger partial charge in [0.05, 0.1) is 5.92 Å². The monoisotopic (exact) mass is 353 g/mol. The molecule has 0 saturated carbocycles. The van der Waals surface area contributed by atoms with E-state index in [1.54, 1.807) is 0 Å². The highest BCUT2D eigenvalue weighted by Crippen LogP contribution is 2.32. The van der Waals surface area contributed by atoms with E-state index in [1.807, 2.05) is 0 Å². The number of hydrogen-bond acceptors (Lipinski definition) is 3. The van der Waals surface area contributed by atoms with E-state index in [4.69, 9.17) is 5.11 Å². The number of carbonyl (C=O) groups excluding carboxylic acids is 2. The van der Waals surface area contributed by atoms with Gasteiger partial charge in [0.2, 0.25) is 11.8 Å². The second-order valence-corrected chi connectivity index (χ2v) is 7.60. The normalized spacial score (nSPS) is 19.0. The number of unbranched alkanes of at least 4 members (excludes halogenated alkanes) is 10. The molecule has 1 N–H and O–H groups in total. The van der Waals surface area contributed by atoms with Crippen LogP contribution < -0.4 is 0 Å². The van der Waals surface area contributed by atoms with Crippen molar-refractivity contribution < 1.29 is 14.7 Å². The third-order valence-corrected chi connectivity index (χ3v) is 5.69. The Labute approximate surface area is 154 Å². The van der Waals surface area contributed by atoms with Gasteiger partial charge in [-0.2, -0.15) is 0 Å². The highest BCUT2D eigenvalue weighted by atomic mass is 16.3. The summed E-state index contributed by atoms with van der Waals surface area (Å²) < 4.78 is 0. The predicted molar refractivity (Wildman–Crippen MR) is 102 cm³/mol. The number of rotatable bonds is 15. The van der Waals surface area contributed by atoms with Gasteiger partial charge in [0.15, 0.2) is 0 Å². The maximum atomic E-state index is 12.2. The van der Waals surface area contributed by atoms with Gasteiger partial charge in [0.1, 0.15) is 6.73 Å². The highest BCUT2D eigenvalue weighted by Gasteiger charge is 2.41. The fraction of sp³-hybridized carbons (Fsp3) is 0.905. The van der Waals surface area contributed by atoms with E-state index in [9.17, 15) is 9.59 Å². The quantitative estimate of drug-likeness (QED) is 0.331. The van der Waals surface area contributed by atoms with Crippen molar-refractivity contribution in [3.63, 3.8) is 0 Å². The molecule has 1 heterocycles. The van der Waals surface area contributed by atoms with Crippen molar-refractivity contribution in [3.05, 3.63) is 0 Å². The van der Waals surface area contributed by atoms with E-state index in [0.717, 1.165) is 24.2 Å². The first-order chi connectivity index (χ1) is 12.2. The summed E-state index contributed by atoms with van der Waals surface area (Å²) in [4.78, 5) is 25.0. The summed E-state index contributed by atoms with van der Waals surface area (Å²) in [6.45, 7) is 3.89. The second-order valence-electron chi connectivity index (χ2n) is 7.60. The van der Waals surface area contributed by atoms with Crippen LogP contribution in [0, 0.1) is 11.8 Å². The number of carbonyl (C=O) groups is 2. The number of amides is 2. The molecule has 1 aliphatic rings. The third-order valence-electron chi connectivity index (χ3n) is 5.69. The summed E-state index contributed by atoms with van der Waals surface area (Å²) in [5.41, 5.74) is 0. The fourth-order valence-corrected chi connectivity index (χ4v) is 3.99. The summed E-state index contributed by atoms with van der Waals surface area (Å²) in [5, 5.41) is 9.14. The molecule has 25 heavy (non-hydrogen) atoms. The third kappa shape index (κ3) is 7.89. The van der Waals surface area contributed by atoms with Crippen LogP contribution in [0.3, 0.4) is 0 Å². The van der Waals surface area contributed by atoms with Gasteiger partial charge in [-0.3, -0.25) is 14.5 Å². The molecule has 2 amide bonds. The van der Waals surface area contributed by atoms with Crippen molar-refractivity contribution in [3.8, 4) is 0 Å². The Balaban J connectivity index is 2.08. The average molecular weight is 354 g/mol. The van der Waals surface area contributed by atoms with Crippen LogP contribution in [0.4, 0.5) is 0 Å². The minimum absolute atomic E-state index is 0.164. The highest BCUT2D eigenvalue weighted by molar-refractivity contribution is 6.03. The molecule has 0 radical (unpaired) electrons. The first-order valence-corrected chi connectivity index (χ1v) is 10.6. The van der Waals surface area contributed by atoms with Crippen molar-refractivity contribution in [1.82, 2.24) is 4.90 Å². The van der Waals surface area contributed by atoms with Crippen LogP contribution in [0.1, 0.15) is 104 Å². The average Bonchev–Trinajstić information content (AvgIpc) is 2.90. The smallest absolute Gasteiger partial charge is 0.234 e. The van der Waals surface area contributed by atoms with E-state index in [2.05, 4.69) is 13.8 Å². The molecule has 0 aromatic carbocycles. The maximum Gasteiger partial charge on any atom is 0.234 e. The minimum atomic E-state index is -0.469. The Kier molecular flexibility index (Phi) is 11.8. The molecule has 1 aliphatic heterocycles. The van der Waals surface area contributed by atoms with Crippen LogP contribution in [0.2, 0.25) is 0 Å². The molecular formula is C21H39NO3. The van der Waals surface area contributed by atoms with Crippen molar-refractivity contribution >= 4 is 11.8 Å². The summed E-state index contributed by atoms with van der Waals surface area (Å²) in [6, 6.07) is 0. The van der Waals surface area contributed by atoms with Crippen molar-refractivity contribution in [2.75, 3.05) is 6.73 Å². The van der Waals surface area contributed by atoms with Gasteiger partial charge < -0.3 is 5.11 Å². The maximum absolute atomic E-state index is 12.2. The molecule has 1 fully saturated rings. The van der Waals surface area contributed by atoms with E-state index >= 15 is 0 Å². The van der Waals surface area contributed by atoms with E-state index in [0.29, 0.717) is 0 Å². The molecule has 4 nitrogen and oxygen atoms in total. The molecule has 0 bridgehead atoms. The number of aliphatic hydroxyl groups is 1. The topological polar surface area (TPSA) is 57.6 Å². The van der Waals surface area contributed by atoms with Crippen LogP contribution in [-0.4, -0.2) is 28.6 Å².